The van der Waals surface area contributed by atoms with Gasteiger partial charge < -0.3 is 54.1 Å². The molecule has 3 unspecified atom stereocenters. The number of carboxylic acid groups (broad SMARTS) is 1. The third kappa shape index (κ3) is 8.11. The lowest BCUT2D eigenvalue weighted by atomic mass is 9.97. The van der Waals surface area contributed by atoms with E-state index in [0.717, 1.165) is 0 Å². The van der Waals surface area contributed by atoms with Crippen LogP contribution in [0.4, 0.5) is 13.2 Å². The van der Waals surface area contributed by atoms with Gasteiger partial charge in [-0.1, -0.05) is 0 Å². The van der Waals surface area contributed by atoms with E-state index in [1.807, 2.05) is 0 Å². The second kappa shape index (κ2) is 13.1. The topological polar surface area (TPSA) is 183 Å². The second-order valence-corrected chi connectivity index (χ2v) is 10.5. The summed E-state index contributed by atoms with van der Waals surface area (Å²) >= 11 is 0. The number of hydrogen-bond acceptors (Lipinski definition) is 12. The number of rotatable bonds is 9. The van der Waals surface area contributed by atoms with E-state index in [2.05, 4.69) is 5.32 Å². The molecule has 41 heavy (non-hydrogen) atoms. The molecule has 0 radical (unpaired) electrons. The van der Waals surface area contributed by atoms with Gasteiger partial charge in [0.15, 0.2) is 24.7 Å². The van der Waals surface area contributed by atoms with Crippen molar-refractivity contribution < 1.29 is 70.6 Å². The van der Waals surface area contributed by atoms with Crippen LogP contribution in [0.15, 0.2) is 0 Å². The van der Waals surface area contributed by atoms with Gasteiger partial charge in [0.25, 0.3) is 0 Å². The molecule has 14 nitrogen and oxygen atoms in total. The summed E-state index contributed by atoms with van der Waals surface area (Å²) in [4.78, 5) is 33.9. The summed E-state index contributed by atoms with van der Waals surface area (Å²) < 4.78 is 77.8. The Morgan fingerprint density at radius 3 is 2.05 bits per heavy atom. The fourth-order valence-corrected chi connectivity index (χ4v) is 5.21. The van der Waals surface area contributed by atoms with Crippen LogP contribution in [0.5, 0.6) is 0 Å². The van der Waals surface area contributed by atoms with E-state index in [-0.39, 0.29) is 24.5 Å². The number of hydrogen-bond donors (Lipinski definition) is 3. The number of ether oxygens (including phenoxy) is 8. The number of carboxylic acids is 1. The van der Waals surface area contributed by atoms with Crippen molar-refractivity contribution in [3.63, 3.8) is 0 Å². The minimum Gasteiger partial charge on any atom is -0.475 e. The van der Waals surface area contributed by atoms with Crippen LogP contribution in [-0.2, 0) is 52.3 Å². The molecule has 0 aromatic carbocycles. The average molecular weight is 603 g/mol. The third-order valence-electron chi connectivity index (χ3n) is 6.79. The highest BCUT2D eigenvalue weighted by atomic mass is 19.4. The molecule has 0 aromatic heterocycles. The van der Waals surface area contributed by atoms with Crippen LogP contribution in [0.1, 0.15) is 40.5 Å². The van der Waals surface area contributed by atoms with Crippen molar-refractivity contribution >= 4 is 17.7 Å². The molecular weight excluding hydrogens is 565 g/mol. The molecule has 1 amide bonds. The SMILES string of the molecule is CO[C@@H]1[C@H]2OC(C)O[C@H]2O[C@H]1C(N)CC(=O)NC(CC(C)=O)[C@@H]1O[C@@H]2OC(C)(C)O[C@@H]2[C@H]1OC.O=C(O)C(F)(F)F. The minimum atomic E-state index is -5.08. The number of aliphatic carboxylic acids is 1. The Morgan fingerprint density at radius 2 is 1.51 bits per heavy atom. The summed E-state index contributed by atoms with van der Waals surface area (Å²) in [6.07, 6.45) is -9.88. The fourth-order valence-electron chi connectivity index (χ4n) is 5.21. The van der Waals surface area contributed by atoms with Crippen LogP contribution in [-0.4, -0.2) is 117 Å². The van der Waals surface area contributed by atoms with Crippen LogP contribution >= 0.6 is 0 Å². The molecule has 0 aliphatic carbocycles. The molecule has 4 aliphatic heterocycles. The van der Waals surface area contributed by atoms with Gasteiger partial charge >= 0.3 is 12.1 Å². The molecule has 4 aliphatic rings. The highest BCUT2D eigenvalue weighted by Crippen LogP contribution is 2.40. The predicted molar refractivity (Wildman–Crippen MR) is 128 cm³/mol. The number of alkyl halides is 3. The number of fused-ring (bicyclic) bond motifs is 2. The maximum absolute atomic E-state index is 13.0. The van der Waals surface area contributed by atoms with E-state index in [1.165, 1.54) is 21.1 Å². The first-order valence-electron chi connectivity index (χ1n) is 12.8. The molecule has 4 N–H and O–H groups in total. The van der Waals surface area contributed by atoms with Crippen molar-refractivity contribution in [3.8, 4) is 0 Å². The normalized spacial score (nSPS) is 37.0. The van der Waals surface area contributed by atoms with Crippen LogP contribution in [0.25, 0.3) is 0 Å². The third-order valence-corrected chi connectivity index (χ3v) is 6.79. The first kappa shape index (κ1) is 33.5. The Bertz CT molecular complexity index is 953. The van der Waals surface area contributed by atoms with Crippen molar-refractivity contribution in [3.05, 3.63) is 0 Å². The lowest BCUT2D eigenvalue weighted by Crippen LogP contribution is -2.53. The van der Waals surface area contributed by atoms with E-state index in [0.29, 0.717) is 0 Å². The van der Waals surface area contributed by atoms with Gasteiger partial charge in [-0.25, -0.2) is 4.79 Å². The lowest BCUT2D eigenvalue weighted by Gasteiger charge is -2.31. The molecular formula is C24H37F3N2O12. The Morgan fingerprint density at radius 1 is 0.951 bits per heavy atom. The standard InChI is InChI=1S/C22H36N2O10.C2HF3O2/c1-9(25)7-12(15-17(28-6)19-21(32-15)34-22(3,4)33-19)24-13(26)8-11(23)14-16(27-5)18-20(31-14)30-10(2)29-18;3-2(4,5)1(6)7/h10-12,14-21H,7-8,23H2,1-6H3,(H,24,26);(H,6,7)/t10?,11?,12?,14-,15-,16-,17-,18+,19+,20-,21+;/m0./s1. The number of Topliss-reactive ketones (excluding diaryl/α,β-unsaturated/α-hetero) is 1. The largest absolute Gasteiger partial charge is 0.490 e. The summed E-state index contributed by atoms with van der Waals surface area (Å²) in [6, 6.07) is -1.34. The zero-order valence-electron chi connectivity index (χ0n) is 23.4. The molecule has 4 rings (SSSR count). The van der Waals surface area contributed by atoms with Crippen molar-refractivity contribution in [1.82, 2.24) is 5.32 Å². The average Bonchev–Trinajstić information content (AvgIpc) is 3.53. The van der Waals surface area contributed by atoms with Crippen molar-refractivity contribution in [2.45, 2.75) is 120 Å². The molecule has 4 fully saturated rings. The molecule has 0 saturated carbocycles. The van der Waals surface area contributed by atoms with E-state index in [9.17, 15) is 22.8 Å². The van der Waals surface area contributed by atoms with Gasteiger partial charge in [0, 0.05) is 33.1 Å². The van der Waals surface area contributed by atoms with Gasteiger partial charge in [-0.05, 0) is 27.7 Å². The minimum absolute atomic E-state index is 0.0542. The number of carbonyl (C=O) groups is 3. The predicted octanol–water partition coefficient (Wildman–Crippen LogP) is 0.194. The van der Waals surface area contributed by atoms with Crippen molar-refractivity contribution in [2.24, 2.45) is 5.73 Å². The molecule has 17 heteroatoms. The number of nitrogens with two attached hydrogens (primary N) is 1. The van der Waals surface area contributed by atoms with Gasteiger partial charge in [0.2, 0.25) is 5.91 Å². The summed E-state index contributed by atoms with van der Waals surface area (Å²) in [6.45, 7) is 6.80. The van der Waals surface area contributed by atoms with Crippen molar-refractivity contribution in [1.29, 1.82) is 0 Å². The number of carbonyl (C=O) groups excluding carboxylic acids is 2. The van der Waals surface area contributed by atoms with Crippen LogP contribution in [0, 0.1) is 0 Å². The highest BCUT2D eigenvalue weighted by molar-refractivity contribution is 5.80. The molecule has 0 bridgehead atoms. The molecule has 11 atom stereocenters. The van der Waals surface area contributed by atoms with Crippen molar-refractivity contribution in [2.75, 3.05) is 14.2 Å². The number of nitrogens with one attached hydrogen (secondary N) is 1. The van der Waals surface area contributed by atoms with E-state index < -0.39 is 85.5 Å². The highest BCUT2D eigenvalue weighted by Gasteiger charge is 2.57. The number of halogens is 3. The first-order chi connectivity index (χ1) is 19.0. The summed E-state index contributed by atoms with van der Waals surface area (Å²) in [7, 11) is 3.07. The van der Waals surface area contributed by atoms with Crippen LogP contribution in [0.3, 0.4) is 0 Å². The monoisotopic (exact) mass is 602 g/mol. The fraction of sp³-hybridized carbons (Fsp3) is 0.875. The quantitative estimate of drug-likeness (QED) is 0.326. The summed E-state index contributed by atoms with van der Waals surface area (Å²) in [5.74, 6) is -4.04. The van der Waals surface area contributed by atoms with E-state index in [1.54, 1.807) is 20.8 Å². The summed E-state index contributed by atoms with van der Waals surface area (Å²) in [5, 5.41) is 10.0. The van der Waals surface area contributed by atoms with Gasteiger partial charge in [-0.15, -0.1) is 0 Å². The molecule has 4 saturated heterocycles. The van der Waals surface area contributed by atoms with Gasteiger partial charge in [0.1, 0.15) is 42.4 Å². The zero-order valence-corrected chi connectivity index (χ0v) is 23.4. The van der Waals surface area contributed by atoms with Gasteiger partial charge in [0.05, 0.1) is 6.04 Å². The molecule has 4 heterocycles. The lowest BCUT2D eigenvalue weighted by molar-refractivity contribution is -0.220. The summed E-state index contributed by atoms with van der Waals surface area (Å²) in [5.41, 5.74) is 6.33. The van der Waals surface area contributed by atoms with Gasteiger partial charge in [-0.2, -0.15) is 13.2 Å². The first-order valence-corrected chi connectivity index (χ1v) is 12.8. The Balaban J connectivity index is 0.000000587. The molecule has 0 aromatic rings. The molecule has 0 spiro atoms. The smallest absolute Gasteiger partial charge is 0.475 e. The zero-order chi connectivity index (χ0) is 30.9. The Labute approximate surface area is 234 Å². The number of methoxy groups -OCH3 is 2. The number of ketones is 1. The maximum atomic E-state index is 13.0. The number of amides is 1. The van der Waals surface area contributed by atoms with E-state index in [4.69, 9.17) is 53.5 Å². The van der Waals surface area contributed by atoms with Crippen LogP contribution < -0.4 is 11.1 Å². The Kier molecular flexibility index (Phi) is 10.7. The second-order valence-electron chi connectivity index (χ2n) is 10.5. The van der Waals surface area contributed by atoms with E-state index >= 15 is 0 Å². The van der Waals surface area contributed by atoms with Gasteiger partial charge in [-0.3, -0.25) is 9.59 Å². The van der Waals surface area contributed by atoms with Crippen LogP contribution in [0.2, 0.25) is 0 Å². The maximum Gasteiger partial charge on any atom is 0.490 e. The Hall–Kier alpha value is -1.96. The molecule has 236 valence electrons.